The minimum Gasteiger partial charge on any atom is -0.322 e. The number of nitrogens with zero attached hydrogens (tertiary/aromatic N) is 6. The number of hydrogen-bond donors (Lipinski definition) is 1. The van der Waals surface area contributed by atoms with Crippen LogP contribution in [0.15, 0.2) is 114 Å². The lowest BCUT2D eigenvalue weighted by Crippen LogP contribution is -2.35. The molecule has 198 valence electrons. The molecule has 0 aliphatic rings. The number of rotatable bonds is 9. The van der Waals surface area contributed by atoms with E-state index in [1.54, 1.807) is 10.9 Å². The van der Waals surface area contributed by atoms with Crippen LogP contribution in [0, 0.1) is 6.92 Å². The van der Waals surface area contributed by atoms with Gasteiger partial charge in [-0.3, -0.25) is 14.7 Å². The molecule has 0 saturated carbocycles. The monoisotopic (exact) mass is 527 g/mol. The van der Waals surface area contributed by atoms with Crippen molar-refractivity contribution >= 4 is 10.9 Å². The number of aryl methyl sites for hydroxylation is 1. The SMILES string of the molecule is Cc1ccc2cc(C(c3nnnn3Cc3ccccc3)N(Cc3ccccc3)Cc3cccnc3)c(=O)[nH]c2c1. The highest BCUT2D eigenvalue weighted by atomic mass is 16.1. The van der Waals surface area contributed by atoms with Gasteiger partial charge in [0.05, 0.1) is 6.54 Å². The Labute approximate surface area is 232 Å². The van der Waals surface area contributed by atoms with E-state index in [9.17, 15) is 4.79 Å². The number of aromatic amines is 1. The molecule has 6 rings (SSSR count). The number of fused-ring (bicyclic) bond motifs is 1. The molecular weight excluding hydrogens is 498 g/mol. The van der Waals surface area contributed by atoms with Crippen LogP contribution < -0.4 is 5.56 Å². The largest absolute Gasteiger partial charge is 0.322 e. The molecule has 0 aliphatic heterocycles. The maximum atomic E-state index is 13.8. The minimum absolute atomic E-state index is 0.165. The summed E-state index contributed by atoms with van der Waals surface area (Å²) in [5.74, 6) is 0.598. The molecule has 0 amide bonds. The van der Waals surface area contributed by atoms with Gasteiger partial charge in [-0.05, 0) is 63.2 Å². The van der Waals surface area contributed by atoms with Gasteiger partial charge in [0.2, 0.25) is 0 Å². The second kappa shape index (κ2) is 11.4. The quantitative estimate of drug-likeness (QED) is 0.283. The summed E-state index contributed by atoms with van der Waals surface area (Å²) >= 11 is 0. The number of tetrazole rings is 1. The molecule has 0 fully saturated rings. The number of nitrogens with one attached hydrogen (secondary N) is 1. The third kappa shape index (κ3) is 5.57. The molecule has 8 nitrogen and oxygen atoms in total. The Kier molecular flexibility index (Phi) is 7.24. The number of aromatic nitrogens is 6. The second-order valence-electron chi connectivity index (χ2n) is 9.98. The standard InChI is InChI=1S/C32H29N7O/c1-23-14-15-27-18-28(32(40)34-29(27)17-23)30(31-35-36-37-39(31)22-25-11-6-3-7-12-25)38(20-24-9-4-2-5-10-24)21-26-13-8-16-33-19-26/h2-19,30H,20-22H2,1H3,(H,34,40). The summed E-state index contributed by atoms with van der Waals surface area (Å²) in [4.78, 5) is 23.5. The Balaban J connectivity index is 1.52. The highest BCUT2D eigenvalue weighted by Crippen LogP contribution is 2.30. The van der Waals surface area contributed by atoms with E-state index in [0.717, 1.165) is 33.2 Å². The van der Waals surface area contributed by atoms with Crippen LogP contribution in [-0.4, -0.2) is 35.1 Å². The average Bonchev–Trinajstić information content (AvgIpc) is 3.42. The fourth-order valence-electron chi connectivity index (χ4n) is 5.09. The van der Waals surface area contributed by atoms with E-state index < -0.39 is 6.04 Å². The Morgan fingerprint density at radius 3 is 2.33 bits per heavy atom. The summed E-state index contributed by atoms with van der Waals surface area (Å²) in [5, 5.41) is 13.9. The Hall–Kier alpha value is -4.95. The summed E-state index contributed by atoms with van der Waals surface area (Å²) in [6, 6.07) is 31.8. The number of pyridine rings is 2. The van der Waals surface area contributed by atoms with E-state index in [4.69, 9.17) is 0 Å². The first-order valence-electron chi connectivity index (χ1n) is 13.2. The molecule has 1 N–H and O–H groups in total. The second-order valence-corrected chi connectivity index (χ2v) is 9.98. The van der Waals surface area contributed by atoms with Crippen LogP contribution in [0.25, 0.3) is 10.9 Å². The van der Waals surface area contributed by atoms with Crippen LogP contribution in [0.4, 0.5) is 0 Å². The van der Waals surface area contributed by atoms with Crippen molar-refractivity contribution in [1.82, 2.24) is 35.1 Å². The third-order valence-electron chi connectivity index (χ3n) is 7.01. The molecule has 0 radical (unpaired) electrons. The Morgan fingerprint density at radius 2 is 1.57 bits per heavy atom. The highest BCUT2D eigenvalue weighted by molar-refractivity contribution is 5.79. The van der Waals surface area contributed by atoms with Crippen molar-refractivity contribution in [2.24, 2.45) is 0 Å². The van der Waals surface area contributed by atoms with Crippen LogP contribution >= 0.6 is 0 Å². The van der Waals surface area contributed by atoms with Crippen molar-refractivity contribution in [3.63, 3.8) is 0 Å². The number of H-pyrrole nitrogens is 1. The lowest BCUT2D eigenvalue weighted by Gasteiger charge is -2.31. The number of benzene rings is 3. The zero-order valence-corrected chi connectivity index (χ0v) is 22.2. The topological polar surface area (TPSA) is 92.6 Å². The molecule has 40 heavy (non-hydrogen) atoms. The van der Waals surface area contributed by atoms with Gasteiger partial charge in [-0.15, -0.1) is 5.10 Å². The molecule has 3 heterocycles. The zero-order valence-electron chi connectivity index (χ0n) is 22.2. The smallest absolute Gasteiger partial charge is 0.253 e. The van der Waals surface area contributed by atoms with E-state index in [0.29, 0.717) is 31.0 Å². The molecular formula is C32H29N7O. The third-order valence-corrected chi connectivity index (χ3v) is 7.01. The molecule has 0 saturated heterocycles. The van der Waals surface area contributed by atoms with Crippen LogP contribution in [0.5, 0.6) is 0 Å². The molecule has 0 aliphatic carbocycles. The normalized spacial score (nSPS) is 12.2. The summed E-state index contributed by atoms with van der Waals surface area (Å²) in [5.41, 5.74) is 5.52. The molecule has 3 aromatic heterocycles. The van der Waals surface area contributed by atoms with Crippen molar-refractivity contribution < 1.29 is 0 Å². The van der Waals surface area contributed by atoms with Crippen LogP contribution in [-0.2, 0) is 19.6 Å². The van der Waals surface area contributed by atoms with Gasteiger partial charge in [0, 0.05) is 36.6 Å². The molecule has 1 unspecified atom stereocenters. The molecule has 0 bridgehead atoms. The lowest BCUT2D eigenvalue weighted by atomic mass is 10.0. The maximum absolute atomic E-state index is 13.8. The van der Waals surface area contributed by atoms with E-state index in [1.165, 1.54) is 0 Å². The first kappa shape index (κ1) is 25.3. The van der Waals surface area contributed by atoms with Gasteiger partial charge >= 0.3 is 0 Å². The van der Waals surface area contributed by atoms with Crippen LogP contribution in [0.3, 0.4) is 0 Å². The van der Waals surface area contributed by atoms with Crippen molar-refractivity contribution in [1.29, 1.82) is 0 Å². The summed E-state index contributed by atoms with van der Waals surface area (Å²) < 4.78 is 1.79. The van der Waals surface area contributed by atoms with Gasteiger partial charge in [0.1, 0.15) is 6.04 Å². The molecule has 3 aromatic carbocycles. The summed E-state index contributed by atoms with van der Waals surface area (Å²) in [7, 11) is 0. The summed E-state index contributed by atoms with van der Waals surface area (Å²) in [6.07, 6.45) is 3.62. The molecule has 8 heteroatoms. The van der Waals surface area contributed by atoms with Gasteiger partial charge in [0.15, 0.2) is 5.82 Å². The fourth-order valence-corrected chi connectivity index (χ4v) is 5.09. The van der Waals surface area contributed by atoms with Crippen LogP contribution in [0.2, 0.25) is 0 Å². The lowest BCUT2D eigenvalue weighted by molar-refractivity contribution is 0.194. The predicted octanol–water partition coefficient (Wildman–Crippen LogP) is 5.06. The van der Waals surface area contributed by atoms with Gasteiger partial charge < -0.3 is 4.98 Å². The first-order valence-corrected chi connectivity index (χ1v) is 13.2. The van der Waals surface area contributed by atoms with Gasteiger partial charge in [-0.1, -0.05) is 78.9 Å². The van der Waals surface area contributed by atoms with E-state index in [2.05, 4.69) is 48.6 Å². The maximum Gasteiger partial charge on any atom is 0.253 e. The Morgan fingerprint density at radius 1 is 0.850 bits per heavy atom. The Bertz CT molecular complexity index is 1720. The van der Waals surface area contributed by atoms with E-state index >= 15 is 0 Å². The zero-order chi connectivity index (χ0) is 27.3. The van der Waals surface area contributed by atoms with Crippen molar-refractivity contribution in [3.05, 3.63) is 153 Å². The van der Waals surface area contributed by atoms with Crippen molar-refractivity contribution in [2.45, 2.75) is 32.6 Å². The van der Waals surface area contributed by atoms with E-state index in [1.807, 2.05) is 92.0 Å². The molecule has 6 aromatic rings. The molecule has 1 atom stereocenters. The van der Waals surface area contributed by atoms with Crippen molar-refractivity contribution in [3.8, 4) is 0 Å². The number of hydrogen-bond acceptors (Lipinski definition) is 6. The average molecular weight is 528 g/mol. The minimum atomic E-state index is -0.534. The fraction of sp³-hybridized carbons (Fsp3) is 0.156. The van der Waals surface area contributed by atoms with Crippen molar-refractivity contribution in [2.75, 3.05) is 0 Å². The van der Waals surface area contributed by atoms with Gasteiger partial charge in [-0.25, -0.2) is 4.68 Å². The van der Waals surface area contributed by atoms with Gasteiger partial charge in [0.25, 0.3) is 5.56 Å². The van der Waals surface area contributed by atoms with Gasteiger partial charge in [-0.2, -0.15) is 0 Å². The van der Waals surface area contributed by atoms with Crippen LogP contribution in [0.1, 0.15) is 39.7 Å². The first-order chi connectivity index (χ1) is 19.6. The summed E-state index contributed by atoms with van der Waals surface area (Å²) in [6.45, 7) is 3.61. The highest BCUT2D eigenvalue weighted by Gasteiger charge is 2.31. The molecule has 0 spiro atoms. The van der Waals surface area contributed by atoms with E-state index in [-0.39, 0.29) is 5.56 Å². The predicted molar refractivity (Wildman–Crippen MR) is 154 cm³/mol.